The lowest BCUT2D eigenvalue weighted by atomic mass is 10.1. The number of ether oxygens (including phenoxy) is 1. The van der Waals surface area contributed by atoms with Gasteiger partial charge in [-0.15, -0.1) is 0 Å². The molecule has 2 unspecified atom stereocenters. The molecule has 1 rings (SSSR count). The quantitative estimate of drug-likeness (QED) is 0.422. The van der Waals surface area contributed by atoms with Gasteiger partial charge in [0, 0.05) is 0 Å². The first-order valence-corrected chi connectivity index (χ1v) is 3.29. The second kappa shape index (κ2) is 2.84. The van der Waals surface area contributed by atoms with Gasteiger partial charge in [0.05, 0.1) is 12.7 Å². The highest BCUT2D eigenvalue weighted by atomic mass is 16.5. The maximum atomic E-state index is 9.09. The van der Waals surface area contributed by atoms with E-state index in [4.69, 9.17) is 20.1 Å². The molecule has 1 heterocycles. The van der Waals surface area contributed by atoms with Crippen LogP contribution in [0.3, 0.4) is 0 Å². The number of hydrogen-bond acceptors (Lipinski definition) is 4. The Morgan fingerprint density at radius 2 is 1.90 bits per heavy atom. The first kappa shape index (κ1) is 7.94. The molecule has 1 aliphatic heterocycles. The van der Waals surface area contributed by atoms with E-state index in [1.165, 1.54) is 0 Å². The van der Waals surface area contributed by atoms with Crippen LogP contribution in [0, 0.1) is 0 Å². The van der Waals surface area contributed by atoms with Gasteiger partial charge in [-0.3, -0.25) is 0 Å². The van der Waals surface area contributed by atoms with E-state index >= 15 is 0 Å². The molecule has 1 aliphatic rings. The Balaban J connectivity index is 2.53. The number of aliphatic hydroxyl groups excluding tert-OH is 3. The molecule has 0 aromatic carbocycles. The van der Waals surface area contributed by atoms with Crippen LogP contribution in [0.1, 0.15) is 6.92 Å². The molecule has 60 valence electrons. The van der Waals surface area contributed by atoms with Crippen molar-refractivity contribution in [3.63, 3.8) is 0 Å². The minimum absolute atomic E-state index is 0.247. The van der Waals surface area contributed by atoms with E-state index in [9.17, 15) is 0 Å². The van der Waals surface area contributed by atoms with Gasteiger partial charge in [-0.05, 0) is 6.92 Å². The topological polar surface area (TPSA) is 69.9 Å². The van der Waals surface area contributed by atoms with Crippen molar-refractivity contribution < 1.29 is 20.1 Å². The summed E-state index contributed by atoms with van der Waals surface area (Å²) < 4.78 is 4.98. The van der Waals surface area contributed by atoms with Gasteiger partial charge in [0.2, 0.25) is 0 Å². The molecule has 0 spiro atoms. The molecular weight excluding hydrogens is 136 g/mol. The van der Waals surface area contributed by atoms with Crippen LogP contribution in [0.5, 0.6) is 0 Å². The van der Waals surface area contributed by atoms with E-state index in [1.54, 1.807) is 6.92 Å². The summed E-state index contributed by atoms with van der Waals surface area (Å²) in [6.07, 6.45) is -2.81. The fourth-order valence-electron chi connectivity index (χ4n) is 1.09. The molecule has 4 heteroatoms. The third-order valence-corrected chi connectivity index (χ3v) is 1.78. The van der Waals surface area contributed by atoms with E-state index in [2.05, 4.69) is 0 Å². The molecule has 10 heavy (non-hydrogen) atoms. The second-order valence-electron chi connectivity index (χ2n) is 2.54. The average Bonchev–Trinajstić information content (AvgIpc) is 2.17. The highest BCUT2D eigenvalue weighted by Crippen LogP contribution is 2.19. The largest absolute Gasteiger partial charge is 0.394 e. The average molecular weight is 148 g/mol. The summed E-state index contributed by atoms with van der Waals surface area (Å²) in [4.78, 5) is 0. The van der Waals surface area contributed by atoms with Crippen LogP contribution in [-0.2, 0) is 4.74 Å². The zero-order valence-corrected chi connectivity index (χ0v) is 5.77. The van der Waals surface area contributed by atoms with Crippen molar-refractivity contribution in [2.45, 2.75) is 31.3 Å². The lowest BCUT2D eigenvalue weighted by Gasteiger charge is -2.10. The lowest BCUT2D eigenvalue weighted by Crippen LogP contribution is -2.33. The molecule has 4 atom stereocenters. The van der Waals surface area contributed by atoms with Crippen molar-refractivity contribution in [1.82, 2.24) is 0 Å². The summed E-state index contributed by atoms with van der Waals surface area (Å²) in [6.45, 7) is 1.41. The molecule has 0 aromatic rings. The van der Waals surface area contributed by atoms with Crippen LogP contribution in [0.25, 0.3) is 0 Å². The zero-order chi connectivity index (χ0) is 7.72. The van der Waals surface area contributed by atoms with Crippen molar-refractivity contribution in [2.24, 2.45) is 0 Å². The van der Waals surface area contributed by atoms with Crippen molar-refractivity contribution >= 4 is 0 Å². The number of hydrogen-bond donors (Lipinski definition) is 3. The Kier molecular flexibility index (Phi) is 2.25. The predicted octanol–water partition coefficient (Wildman–Crippen LogP) is -1.51. The van der Waals surface area contributed by atoms with E-state index in [1.807, 2.05) is 0 Å². The molecule has 1 saturated heterocycles. The fraction of sp³-hybridized carbons (Fsp3) is 1.00. The van der Waals surface area contributed by atoms with Gasteiger partial charge in [-0.1, -0.05) is 0 Å². The first-order chi connectivity index (χ1) is 4.66. The van der Waals surface area contributed by atoms with Gasteiger partial charge < -0.3 is 20.1 Å². The minimum atomic E-state index is -0.944. The Bertz CT molecular complexity index is 116. The van der Waals surface area contributed by atoms with Crippen molar-refractivity contribution in [1.29, 1.82) is 0 Å². The van der Waals surface area contributed by atoms with E-state index in [0.717, 1.165) is 0 Å². The van der Waals surface area contributed by atoms with E-state index in [-0.39, 0.29) is 12.7 Å². The zero-order valence-electron chi connectivity index (χ0n) is 5.77. The Hall–Kier alpha value is -0.160. The summed E-state index contributed by atoms with van der Waals surface area (Å²) in [6, 6.07) is 0. The molecule has 4 nitrogen and oxygen atoms in total. The van der Waals surface area contributed by atoms with Gasteiger partial charge in [0.1, 0.15) is 18.3 Å². The van der Waals surface area contributed by atoms with E-state index < -0.39 is 18.3 Å². The third-order valence-electron chi connectivity index (χ3n) is 1.78. The monoisotopic (exact) mass is 148 g/mol. The molecule has 0 amide bonds. The van der Waals surface area contributed by atoms with Gasteiger partial charge in [0.25, 0.3) is 0 Å². The summed E-state index contributed by atoms with van der Waals surface area (Å²) in [5, 5.41) is 26.8. The highest BCUT2D eigenvalue weighted by molar-refractivity contribution is 4.87. The normalized spacial score (nSPS) is 48.0. The van der Waals surface area contributed by atoms with Gasteiger partial charge >= 0.3 is 0 Å². The number of rotatable bonds is 1. The Morgan fingerprint density at radius 3 is 2.10 bits per heavy atom. The standard InChI is InChI=1S/C6H12O4/c1-3-5(8)6(9)4(2-7)10-3/h3-9H,2H2,1H3/t3?,4?,5-,6+/m1/s1. The fourth-order valence-corrected chi connectivity index (χ4v) is 1.09. The third kappa shape index (κ3) is 1.15. The molecule has 0 bridgehead atoms. The second-order valence-corrected chi connectivity index (χ2v) is 2.54. The van der Waals surface area contributed by atoms with Crippen LogP contribution in [0.15, 0.2) is 0 Å². The maximum Gasteiger partial charge on any atom is 0.111 e. The molecule has 1 fully saturated rings. The Morgan fingerprint density at radius 1 is 1.30 bits per heavy atom. The molecular formula is C6H12O4. The molecule has 0 saturated carbocycles. The van der Waals surface area contributed by atoms with Crippen LogP contribution in [-0.4, -0.2) is 46.3 Å². The summed E-state index contributed by atoms with van der Waals surface area (Å²) in [5.41, 5.74) is 0. The van der Waals surface area contributed by atoms with Crippen LogP contribution < -0.4 is 0 Å². The smallest absolute Gasteiger partial charge is 0.111 e. The highest BCUT2D eigenvalue weighted by Gasteiger charge is 2.39. The molecule has 0 aliphatic carbocycles. The molecule has 3 N–H and O–H groups in total. The van der Waals surface area contributed by atoms with Gasteiger partial charge in [-0.25, -0.2) is 0 Å². The van der Waals surface area contributed by atoms with Gasteiger partial charge in [0.15, 0.2) is 0 Å². The maximum absolute atomic E-state index is 9.09. The molecule has 0 radical (unpaired) electrons. The van der Waals surface area contributed by atoms with Gasteiger partial charge in [-0.2, -0.15) is 0 Å². The Labute approximate surface area is 59.1 Å². The molecule has 0 aromatic heterocycles. The predicted molar refractivity (Wildman–Crippen MR) is 33.4 cm³/mol. The lowest BCUT2D eigenvalue weighted by molar-refractivity contribution is -0.0171. The summed E-state index contributed by atoms with van der Waals surface area (Å²) in [5.74, 6) is 0. The SMILES string of the molecule is CC1OC(CO)[C@H](O)[C@@H]1O. The van der Waals surface area contributed by atoms with Crippen molar-refractivity contribution in [2.75, 3.05) is 6.61 Å². The summed E-state index contributed by atoms with van der Waals surface area (Å²) >= 11 is 0. The van der Waals surface area contributed by atoms with E-state index in [0.29, 0.717) is 0 Å². The van der Waals surface area contributed by atoms with Crippen LogP contribution in [0.2, 0.25) is 0 Å². The van der Waals surface area contributed by atoms with Crippen molar-refractivity contribution in [3.8, 4) is 0 Å². The number of aliphatic hydroxyl groups is 3. The van der Waals surface area contributed by atoms with Crippen LogP contribution in [0.4, 0.5) is 0 Å². The van der Waals surface area contributed by atoms with Crippen LogP contribution >= 0.6 is 0 Å². The first-order valence-electron chi connectivity index (χ1n) is 3.29. The minimum Gasteiger partial charge on any atom is -0.394 e. The summed E-state index contributed by atoms with van der Waals surface area (Å²) in [7, 11) is 0. The van der Waals surface area contributed by atoms with Crippen molar-refractivity contribution in [3.05, 3.63) is 0 Å².